The van der Waals surface area contributed by atoms with Crippen LogP contribution in [0.15, 0.2) is 24.3 Å². The van der Waals surface area contributed by atoms with Crippen molar-refractivity contribution < 1.29 is 4.79 Å². The van der Waals surface area contributed by atoms with Crippen LogP contribution in [0.1, 0.15) is 44.2 Å². The fourth-order valence-electron chi connectivity index (χ4n) is 3.44. The van der Waals surface area contributed by atoms with E-state index in [1.54, 1.807) is 4.90 Å². The number of amides is 1. The zero-order valence-corrected chi connectivity index (χ0v) is 11.7. The average Bonchev–Trinajstić information content (AvgIpc) is 2.81. The third-order valence-electron chi connectivity index (χ3n) is 4.56. The summed E-state index contributed by atoms with van der Waals surface area (Å²) in [4.78, 5) is 13.9. The molecule has 3 unspecified atom stereocenters. The van der Waals surface area contributed by atoms with Crippen molar-refractivity contribution in [1.29, 1.82) is 0 Å². The second kappa shape index (κ2) is 4.97. The quantitative estimate of drug-likeness (QED) is 0.884. The van der Waals surface area contributed by atoms with Crippen molar-refractivity contribution in [1.82, 2.24) is 5.32 Å². The SMILES string of the molecule is CC1CCC(NC2CC(=O)N(C)c3ccccc32)C1. The average molecular weight is 258 g/mol. The van der Waals surface area contributed by atoms with Crippen molar-refractivity contribution in [2.24, 2.45) is 5.92 Å². The molecule has 102 valence electrons. The van der Waals surface area contributed by atoms with Crippen LogP contribution in [0.25, 0.3) is 0 Å². The van der Waals surface area contributed by atoms with E-state index in [1.807, 2.05) is 19.2 Å². The zero-order valence-electron chi connectivity index (χ0n) is 11.7. The van der Waals surface area contributed by atoms with Gasteiger partial charge in [-0.3, -0.25) is 4.79 Å². The third kappa shape index (κ3) is 2.39. The number of anilines is 1. The first-order valence-corrected chi connectivity index (χ1v) is 7.26. The predicted octanol–water partition coefficient (Wildman–Crippen LogP) is 2.87. The Morgan fingerprint density at radius 3 is 2.79 bits per heavy atom. The fourth-order valence-corrected chi connectivity index (χ4v) is 3.44. The first-order chi connectivity index (χ1) is 9.15. The summed E-state index contributed by atoms with van der Waals surface area (Å²) in [5, 5.41) is 3.71. The summed E-state index contributed by atoms with van der Waals surface area (Å²) in [7, 11) is 1.87. The van der Waals surface area contributed by atoms with Crippen molar-refractivity contribution in [3.63, 3.8) is 0 Å². The van der Waals surface area contributed by atoms with Gasteiger partial charge in [-0.15, -0.1) is 0 Å². The summed E-state index contributed by atoms with van der Waals surface area (Å²) >= 11 is 0. The molecule has 1 heterocycles. The number of nitrogens with one attached hydrogen (secondary N) is 1. The molecule has 0 saturated heterocycles. The molecule has 19 heavy (non-hydrogen) atoms. The molecular formula is C16H22N2O. The molecule has 1 aromatic carbocycles. The maximum atomic E-state index is 12.1. The number of para-hydroxylation sites is 1. The van der Waals surface area contributed by atoms with Gasteiger partial charge in [0.25, 0.3) is 0 Å². The first kappa shape index (κ1) is 12.7. The number of hydrogen-bond donors (Lipinski definition) is 1. The van der Waals surface area contributed by atoms with Gasteiger partial charge in [0.2, 0.25) is 5.91 Å². The highest BCUT2D eigenvalue weighted by Gasteiger charge is 2.31. The molecule has 1 aromatic rings. The number of carbonyl (C=O) groups is 1. The molecule has 1 N–H and O–H groups in total. The van der Waals surface area contributed by atoms with Crippen molar-refractivity contribution >= 4 is 11.6 Å². The topological polar surface area (TPSA) is 32.3 Å². The Kier molecular flexibility index (Phi) is 3.31. The van der Waals surface area contributed by atoms with E-state index in [4.69, 9.17) is 0 Å². The Hall–Kier alpha value is -1.35. The molecule has 1 saturated carbocycles. The molecule has 1 aliphatic heterocycles. The molecule has 1 amide bonds. The summed E-state index contributed by atoms with van der Waals surface area (Å²) in [5.41, 5.74) is 2.33. The van der Waals surface area contributed by atoms with E-state index < -0.39 is 0 Å². The van der Waals surface area contributed by atoms with E-state index in [2.05, 4.69) is 24.4 Å². The highest BCUT2D eigenvalue weighted by Crippen LogP contribution is 2.35. The van der Waals surface area contributed by atoms with Crippen molar-refractivity contribution in [3.8, 4) is 0 Å². The zero-order chi connectivity index (χ0) is 13.4. The minimum Gasteiger partial charge on any atom is -0.315 e. The smallest absolute Gasteiger partial charge is 0.228 e. The number of benzene rings is 1. The Morgan fingerprint density at radius 2 is 2.05 bits per heavy atom. The van der Waals surface area contributed by atoms with E-state index in [0.29, 0.717) is 12.5 Å². The molecule has 2 aliphatic rings. The van der Waals surface area contributed by atoms with Crippen LogP contribution in [0, 0.1) is 5.92 Å². The van der Waals surface area contributed by atoms with Crippen LogP contribution in [-0.2, 0) is 4.79 Å². The van der Waals surface area contributed by atoms with Gasteiger partial charge in [0.05, 0.1) is 0 Å². The van der Waals surface area contributed by atoms with Gasteiger partial charge in [-0.25, -0.2) is 0 Å². The van der Waals surface area contributed by atoms with Crippen molar-refractivity contribution in [2.75, 3.05) is 11.9 Å². The third-order valence-corrected chi connectivity index (χ3v) is 4.56. The van der Waals surface area contributed by atoms with Gasteiger partial charge in [0.1, 0.15) is 0 Å². The van der Waals surface area contributed by atoms with Crippen LogP contribution in [-0.4, -0.2) is 19.0 Å². The highest BCUT2D eigenvalue weighted by atomic mass is 16.2. The molecule has 3 atom stereocenters. The van der Waals surface area contributed by atoms with Crippen molar-refractivity contribution in [2.45, 2.75) is 44.7 Å². The summed E-state index contributed by atoms with van der Waals surface area (Å²) in [5.74, 6) is 1.02. The highest BCUT2D eigenvalue weighted by molar-refractivity contribution is 5.96. The lowest BCUT2D eigenvalue weighted by atomic mass is 9.95. The molecule has 0 radical (unpaired) electrons. The lowest BCUT2D eigenvalue weighted by Gasteiger charge is -2.33. The van der Waals surface area contributed by atoms with Gasteiger partial charge in [-0.1, -0.05) is 25.1 Å². The van der Waals surface area contributed by atoms with Crippen LogP contribution in [0.3, 0.4) is 0 Å². The Bertz CT molecular complexity index is 485. The predicted molar refractivity (Wildman–Crippen MR) is 77.1 cm³/mol. The van der Waals surface area contributed by atoms with Crippen molar-refractivity contribution in [3.05, 3.63) is 29.8 Å². The molecular weight excluding hydrogens is 236 g/mol. The number of fused-ring (bicyclic) bond motifs is 1. The molecule has 3 heteroatoms. The van der Waals surface area contributed by atoms with Gasteiger partial charge >= 0.3 is 0 Å². The first-order valence-electron chi connectivity index (χ1n) is 7.26. The molecule has 1 fully saturated rings. The van der Waals surface area contributed by atoms with E-state index in [1.165, 1.54) is 24.8 Å². The second-order valence-corrected chi connectivity index (χ2v) is 6.05. The Labute approximate surface area is 115 Å². The van der Waals surface area contributed by atoms with E-state index >= 15 is 0 Å². The van der Waals surface area contributed by atoms with E-state index in [9.17, 15) is 4.79 Å². The van der Waals surface area contributed by atoms with Crippen LogP contribution in [0.2, 0.25) is 0 Å². The number of hydrogen-bond acceptors (Lipinski definition) is 2. The van der Waals surface area contributed by atoms with Gasteiger partial charge < -0.3 is 10.2 Å². The lowest BCUT2D eigenvalue weighted by molar-refractivity contribution is -0.119. The molecule has 1 aliphatic carbocycles. The molecule has 3 rings (SSSR count). The normalized spacial score (nSPS) is 30.5. The summed E-state index contributed by atoms with van der Waals surface area (Å²) in [6.45, 7) is 2.31. The van der Waals surface area contributed by atoms with Gasteiger partial charge in [0, 0.05) is 31.2 Å². The molecule has 3 nitrogen and oxygen atoms in total. The van der Waals surface area contributed by atoms with Gasteiger partial charge in [-0.05, 0) is 36.8 Å². The second-order valence-electron chi connectivity index (χ2n) is 6.05. The van der Waals surface area contributed by atoms with E-state index in [-0.39, 0.29) is 11.9 Å². The van der Waals surface area contributed by atoms with Crippen LogP contribution >= 0.6 is 0 Å². The molecule has 0 bridgehead atoms. The molecule has 0 aromatic heterocycles. The minimum atomic E-state index is 0.190. The monoisotopic (exact) mass is 258 g/mol. The Balaban J connectivity index is 1.82. The summed E-state index contributed by atoms with van der Waals surface area (Å²) < 4.78 is 0. The summed E-state index contributed by atoms with van der Waals surface area (Å²) in [6.07, 6.45) is 4.37. The lowest BCUT2D eigenvalue weighted by Crippen LogP contribution is -2.40. The maximum Gasteiger partial charge on any atom is 0.228 e. The van der Waals surface area contributed by atoms with Gasteiger partial charge in [0.15, 0.2) is 0 Å². The van der Waals surface area contributed by atoms with Crippen LogP contribution in [0.4, 0.5) is 5.69 Å². The largest absolute Gasteiger partial charge is 0.315 e. The van der Waals surface area contributed by atoms with Gasteiger partial charge in [-0.2, -0.15) is 0 Å². The Morgan fingerprint density at radius 1 is 1.26 bits per heavy atom. The van der Waals surface area contributed by atoms with Crippen LogP contribution in [0.5, 0.6) is 0 Å². The maximum absolute atomic E-state index is 12.1. The number of carbonyl (C=O) groups excluding carboxylic acids is 1. The molecule has 0 spiro atoms. The minimum absolute atomic E-state index is 0.190. The summed E-state index contributed by atoms with van der Waals surface area (Å²) in [6, 6.07) is 9.02. The standard InChI is InChI=1S/C16H22N2O/c1-11-7-8-12(9-11)17-14-10-16(19)18(2)15-6-4-3-5-13(14)15/h3-6,11-12,14,17H,7-10H2,1-2H3. The van der Waals surface area contributed by atoms with E-state index in [0.717, 1.165) is 11.6 Å². The van der Waals surface area contributed by atoms with Crippen LogP contribution < -0.4 is 10.2 Å². The fraction of sp³-hybridized carbons (Fsp3) is 0.562. The number of nitrogens with zero attached hydrogens (tertiary/aromatic N) is 1. The number of rotatable bonds is 2.